The van der Waals surface area contributed by atoms with Gasteiger partial charge in [-0.1, -0.05) is 46.0 Å². The second kappa shape index (κ2) is 10.6. The van der Waals surface area contributed by atoms with Gasteiger partial charge in [0.05, 0.1) is 6.10 Å². The molecule has 0 aromatic heterocycles. The van der Waals surface area contributed by atoms with Gasteiger partial charge in [-0.15, -0.1) is 5.73 Å². The molecule has 0 fully saturated rings. The van der Waals surface area contributed by atoms with Gasteiger partial charge >= 0.3 is 0 Å². The standard InChI is InChI=1S/C13H24O/c1-3-5-7-9-11-13(14)12-10-8-6-4-2/h7,11,13-14H,3-6,8,10,12H2,1-2H3. The lowest BCUT2D eigenvalue weighted by atomic mass is 10.1. The molecule has 0 spiro atoms. The quantitative estimate of drug-likeness (QED) is 0.462. The van der Waals surface area contributed by atoms with E-state index in [0.29, 0.717) is 0 Å². The fourth-order valence-corrected chi connectivity index (χ4v) is 1.27. The predicted molar refractivity (Wildman–Crippen MR) is 62.3 cm³/mol. The number of hydrogen-bond donors (Lipinski definition) is 1. The normalized spacial score (nSPS) is 11.9. The van der Waals surface area contributed by atoms with E-state index in [9.17, 15) is 5.11 Å². The third kappa shape index (κ3) is 9.57. The van der Waals surface area contributed by atoms with Crippen molar-refractivity contribution < 1.29 is 5.11 Å². The summed E-state index contributed by atoms with van der Waals surface area (Å²) in [6.45, 7) is 4.34. The molecule has 0 aromatic carbocycles. The molecule has 1 nitrogen and oxygen atoms in total. The molecule has 0 aliphatic heterocycles. The molecule has 0 aliphatic rings. The van der Waals surface area contributed by atoms with Crippen LogP contribution in [0.3, 0.4) is 0 Å². The van der Waals surface area contributed by atoms with Crippen molar-refractivity contribution in [3.63, 3.8) is 0 Å². The first kappa shape index (κ1) is 13.5. The van der Waals surface area contributed by atoms with Crippen LogP contribution in [0.1, 0.15) is 58.8 Å². The average molecular weight is 196 g/mol. The third-order valence-electron chi connectivity index (χ3n) is 2.19. The van der Waals surface area contributed by atoms with Crippen LogP contribution in [-0.4, -0.2) is 11.2 Å². The first-order valence-corrected chi connectivity index (χ1v) is 5.90. The Labute approximate surface area is 88.5 Å². The molecule has 0 bridgehead atoms. The molecule has 1 unspecified atom stereocenters. The minimum Gasteiger partial charge on any atom is -0.388 e. The SMILES string of the molecule is CCCC=C=CC(O)CCCCCC. The van der Waals surface area contributed by atoms with Crippen LogP contribution >= 0.6 is 0 Å². The average Bonchev–Trinajstić information content (AvgIpc) is 2.19. The Bertz CT molecular complexity index is 166. The first-order chi connectivity index (χ1) is 6.81. The Morgan fingerprint density at radius 1 is 1.14 bits per heavy atom. The van der Waals surface area contributed by atoms with Crippen molar-refractivity contribution in [2.24, 2.45) is 0 Å². The molecular weight excluding hydrogens is 172 g/mol. The van der Waals surface area contributed by atoms with Gasteiger partial charge in [-0.2, -0.15) is 0 Å². The summed E-state index contributed by atoms with van der Waals surface area (Å²) in [6.07, 6.45) is 11.5. The van der Waals surface area contributed by atoms with E-state index in [2.05, 4.69) is 19.6 Å². The summed E-state index contributed by atoms with van der Waals surface area (Å²) in [5.41, 5.74) is 3.03. The zero-order chi connectivity index (χ0) is 10.6. The Balaban J connectivity index is 3.44. The Kier molecular flexibility index (Phi) is 10.2. The molecule has 0 saturated heterocycles. The second-order valence-corrected chi connectivity index (χ2v) is 3.74. The minimum atomic E-state index is -0.292. The molecule has 0 rings (SSSR count). The van der Waals surface area contributed by atoms with Gasteiger partial charge < -0.3 is 5.11 Å². The fraction of sp³-hybridized carbons (Fsp3) is 0.769. The van der Waals surface area contributed by atoms with E-state index in [1.807, 2.05) is 6.08 Å². The first-order valence-electron chi connectivity index (χ1n) is 5.90. The van der Waals surface area contributed by atoms with Crippen molar-refractivity contribution in [3.8, 4) is 0 Å². The summed E-state index contributed by atoms with van der Waals surface area (Å²) in [4.78, 5) is 0. The highest BCUT2D eigenvalue weighted by atomic mass is 16.3. The maximum Gasteiger partial charge on any atom is 0.0794 e. The fourth-order valence-electron chi connectivity index (χ4n) is 1.27. The lowest BCUT2D eigenvalue weighted by Gasteiger charge is -2.02. The molecular formula is C13H24O. The highest BCUT2D eigenvalue weighted by Gasteiger charge is 1.97. The van der Waals surface area contributed by atoms with Crippen LogP contribution in [-0.2, 0) is 0 Å². The van der Waals surface area contributed by atoms with Crippen LogP contribution in [0.2, 0.25) is 0 Å². The summed E-state index contributed by atoms with van der Waals surface area (Å²) in [7, 11) is 0. The molecule has 1 heteroatoms. The summed E-state index contributed by atoms with van der Waals surface area (Å²) in [6, 6.07) is 0. The van der Waals surface area contributed by atoms with Gasteiger partial charge in [-0.3, -0.25) is 0 Å². The van der Waals surface area contributed by atoms with Crippen molar-refractivity contribution in [2.45, 2.75) is 64.9 Å². The summed E-state index contributed by atoms with van der Waals surface area (Å²) < 4.78 is 0. The van der Waals surface area contributed by atoms with Crippen molar-refractivity contribution in [2.75, 3.05) is 0 Å². The van der Waals surface area contributed by atoms with Crippen LogP contribution in [0.5, 0.6) is 0 Å². The van der Waals surface area contributed by atoms with E-state index in [0.717, 1.165) is 25.7 Å². The maximum absolute atomic E-state index is 9.51. The zero-order valence-corrected chi connectivity index (χ0v) is 9.63. The molecule has 82 valence electrons. The second-order valence-electron chi connectivity index (χ2n) is 3.74. The van der Waals surface area contributed by atoms with Gasteiger partial charge in [0, 0.05) is 0 Å². The Morgan fingerprint density at radius 2 is 1.93 bits per heavy atom. The molecule has 0 aromatic rings. The van der Waals surface area contributed by atoms with Crippen LogP contribution in [0.25, 0.3) is 0 Å². The maximum atomic E-state index is 9.51. The van der Waals surface area contributed by atoms with E-state index in [4.69, 9.17) is 0 Å². The summed E-state index contributed by atoms with van der Waals surface area (Å²) in [5, 5.41) is 9.51. The molecule has 0 radical (unpaired) electrons. The van der Waals surface area contributed by atoms with Gasteiger partial charge in [-0.25, -0.2) is 0 Å². The van der Waals surface area contributed by atoms with Gasteiger partial charge in [-0.05, 0) is 25.0 Å². The largest absolute Gasteiger partial charge is 0.388 e. The van der Waals surface area contributed by atoms with Gasteiger partial charge in [0.15, 0.2) is 0 Å². The van der Waals surface area contributed by atoms with E-state index < -0.39 is 0 Å². The number of hydrogen-bond acceptors (Lipinski definition) is 1. The molecule has 0 aliphatic carbocycles. The molecule has 1 N–H and O–H groups in total. The van der Waals surface area contributed by atoms with Crippen LogP contribution < -0.4 is 0 Å². The van der Waals surface area contributed by atoms with E-state index in [1.54, 1.807) is 6.08 Å². The molecule has 0 heterocycles. The Morgan fingerprint density at radius 3 is 2.57 bits per heavy atom. The van der Waals surface area contributed by atoms with Crippen LogP contribution in [0.15, 0.2) is 17.9 Å². The number of unbranched alkanes of at least 4 members (excludes halogenated alkanes) is 4. The number of aliphatic hydroxyl groups is 1. The highest BCUT2D eigenvalue weighted by molar-refractivity contribution is 4.89. The van der Waals surface area contributed by atoms with Gasteiger partial charge in [0.1, 0.15) is 0 Å². The predicted octanol–water partition coefficient (Wildman–Crippen LogP) is 3.83. The van der Waals surface area contributed by atoms with Crippen molar-refractivity contribution in [3.05, 3.63) is 17.9 Å². The third-order valence-corrected chi connectivity index (χ3v) is 2.19. The number of rotatable bonds is 8. The van der Waals surface area contributed by atoms with Gasteiger partial charge in [0.2, 0.25) is 0 Å². The lowest BCUT2D eigenvalue weighted by Crippen LogP contribution is -2.00. The van der Waals surface area contributed by atoms with Gasteiger partial charge in [0.25, 0.3) is 0 Å². The zero-order valence-electron chi connectivity index (χ0n) is 9.63. The highest BCUT2D eigenvalue weighted by Crippen LogP contribution is 2.05. The summed E-state index contributed by atoms with van der Waals surface area (Å²) in [5.74, 6) is 0. The minimum absolute atomic E-state index is 0.292. The smallest absolute Gasteiger partial charge is 0.0794 e. The van der Waals surface area contributed by atoms with Crippen molar-refractivity contribution in [1.82, 2.24) is 0 Å². The molecule has 14 heavy (non-hydrogen) atoms. The van der Waals surface area contributed by atoms with E-state index in [-0.39, 0.29) is 6.10 Å². The number of aliphatic hydroxyl groups excluding tert-OH is 1. The van der Waals surface area contributed by atoms with Crippen molar-refractivity contribution in [1.29, 1.82) is 0 Å². The van der Waals surface area contributed by atoms with E-state index >= 15 is 0 Å². The van der Waals surface area contributed by atoms with Crippen LogP contribution in [0.4, 0.5) is 0 Å². The lowest BCUT2D eigenvalue weighted by molar-refractivity contribution is 0.208. The summed E-state index contributed by atoms with van der Waals surface area (Å²) >= 11 is 0. The molecule has 0 saturated carbocycles. The Hall–Kier alpha value is -0.520. The molecule has 0 amide bonds. The topological polar surface area (TPSA) is 20.2 Å². The van der Waals surface area contributed by atoms with E-state index in [1.165, 1.54) is 19.3 Å². The van der Waals surface area contributed by atoms with Crippen LogP contribution in [0, 0.1) is 0 Å². The molecule has 1 atom stereocenters. The van der Waals surface area contributed by atoms with Crippen molar-refractivity contribution >= 4 is 0 Å². The monoisotopic (exact) mass is 196 g/mol.